The van der Waals surface area contributed by atoms with E-state index >= 15 is 0 Å². The van der Waals surface area contributed by atoms with Crippen molar-refractivity contribution in [2.45, 2.75) is 25.2 Å². The van der Waals surface area contributed by atoms with Crippen molar-refractivity contribution in [2.75, 3.05) is 5.32 Å². The number of nitrogens with one attached hydrogen (secondary N) is 1. The molecule has 1 amide bonds. The zero-order valence-corrected chi connectivity index (χ0v) is 14.6. The van der Waals surface area contributed by atoms with E-state index in [0.29, 0.717) is 6.07 Å². The van der Waals surface area contributed by atoms with Gasteiger partial charge in [-0.15, -0.1) is 0 Å². The Labute approximate surface area is 157 Å². The van der Waals surface area contributed by atoms with E-state index < -0.39 is 35.4 Å². The largest absolute Gasteiger partial charge is 0.417 e. The summed E-state index contributed by atoms with van der Waals surface area (Å²) >= 11 is 0. The number of amides is 1. The third kappa shape index (κ3) is 4.44. The number of hydrogen-bond acceptors (Lipinski definition) is 5. The minimum absolute atomic E-state index is 0.258. The second kappa shape index (κ2) is 7.66. The molecule has 1 aromatic carbocycles. The Morgan fingerprint density at radius 1 is 1.43 bits per heavy atom. The lowest BCUT2D eigenvalue weighted by Gasteiger charge is -2.23. The first-order chi connectivity index (χ1) is 13.0. The molecule has 7 nitrogen and oxygen atoms in total. The first kappa shape index (κ1) is 20.9. The molecule has 28 heavy (non-hydrogen) atoms. The van der Waals surface area contributed by atoms with Crippen LogP contribution in [0.1, 0.15) is 28.4 Å². The third-order valence-corrected chi connectivity index (χ3v) is 3.88. The molecular formula is C18H15F3N4O3. The van der Waals surface area contributed by atoms with E-state index in [1.165, 1.54) is 25.4 Å². The van der Waals surface area contributed by atoms with Crippen LogP contribution in [0.25, 0.3) is 0 Å². The summed E-state index contributed by atoms with van der Waals surface area (Å²) in [5.41, 5.74) is -4.03. The van der Waals surface area contributed by atoms with Gasteiger partial charge in [0.05, 0.1) is 35.5 Å². The number of ketones is 1. The van der Waals surface area contributed by atoms with Crippen LogP contribution in [0, 0.1) is 11.3 Å². The molecule has 2 rings (SSSR count). The lowest BCUT2D eigenvalue weighted by molar-refractivity contribution is -0.137. The maximum absolute atomic E-state index is 13.0. The fourth-order valence-electron chi connectivity index (χ4n) is 2.30. The molecule has 2 aromatic rings. The zero-order valence-electron chi connectivity index (χ0n) is 14.6. The average molecular weight is 392 g/mol. The molecule has 0 fully saturated rings. The summed E-state index contributed by atoms with van der Waals surface area (Å²) in [6.45, 7) is 4.27. The highest BCUT2D eigenvalue weighted by atomic mass is 19.4. The predicted octanol–water partition coefficient (Wildman–Crippen LogP) is 2.53. The SMILES string of the molecule is C=CC(O)(Cn1cc(C(C)=O)cn1)C(=O)Nc1ccc(C#N)c(C(F)(F)F)c1. The van der Waals surface area contributed by atoms with E-state index in [-0.39, 0.29) is 17.0 Å². The van der Waals surface area contributed by atoms with E-state index in [1.807, 2.05) is 0 Å². The Morgan fingerprint density at radius 2 is 2.11 bits per heavy atom. The monoisotopic (exact) mass is 392 g/mol. The maximum Gasteiger partial charge on any atom is 0.417 e. The summed E-state index contributed by atoms with van der Waals surface area (Å²) in [7, 11) is 0. The van der Waals surface area contributed by atoms with Crippen molar-refractivity contribution < 1.29 is 27.9 Å². The van der Waals surface area contributed by atoms with Crippen LogP contribution >= 0.6 is 0 Å². The molecule has 146 valence electrons. The van der Waals surface area contributed by atoms with Gasteiger partial charge >= 0.3 is 6.18 Å². The number of rotatable bonds is 6. The highest BCUT2D eigenvalue weighted by Crippen LogP contribution is 2.33. The summed E-state index contributed by atoms with van der Waals surface area (Å²) < 4.78 is 40.3. The van der Waals surface area contributed by atoms with Crippen molar-refractivity contribution in [3.8, 4) is 6.07 Å². The van der Waals surface area contributed by atoms with Crippen LogP contribution in [0.3, 0.4) is 0 Å². The van der Waals surface area contributed by atoms with Gasteiger partial charge in [-0.3, -0.25) is 14.3 Å². The van der Waals surface area contributed by atoms with E-state index in [0.717, 1.165) is 22.9 Å². The normalized spacial score (nSPS) is 13.3. The Bertz CT molecular complexity index is 975. The van der Waals surface area contributed by atoms with Crippen LogP contribution in [0.2, 0.25) is 0 Å². The first-order valence-electron chi connectivity index (χ1n) is 7.82. The van der Waals surface area contributed by atoms with Gasteiger partial charge in [-0.05, 0) is 31.2 Å². The predicted molar refractivity (Wildman–Crippen MR) is 92.2 cm³/mol. The number of aliphatic hydroxyl groups is 1. The molecule has 0 bridgehead atoms. The summed E-state index contributed by atoms with van der Waals surface area (Å²) in [6, 6.07) is 4.05. The number of benzene rings is 1. The van der Waals surface area contributed by atoms with Crippen molar-refractivity contribution in [2.24, 2.45) is 0 Å². The van der Waals surface area contributed by atoms with Crippen LogP contribution in [-0.2, 0) is 17.5 Å². The lowest BCUT2D eigenvalue weighted by atomic mass is 10.0. The van der Waals surface area contributed by atoms with Crippen molar-refractivity contribution in [1.82, 2.24) is 9.78 Å². The lowest BCUT2D eigenvalue weighted by Crippen LogP contribution is -2.44. The molecular weight excluding hydrogens is 377 g/mol. The number of Topliss-reactive ketones (excluding diaryl/α,β-unsaturated/α-hetero) is 1. The highest BCUT2D eigenvalue weighted by Gasteiger charge is 2.36. The number of carbonyl (C=O) groups is 2. The number of nitrogens with zero attached hydrogens (tertiary/aromatic N) is 3. The van der Waals surface area contributed by atoms with Crippen molar-refractivity contribution >= 4 is 17.4 Å². The van der Waals surface area contributed by atoms with Gasteiger partial charge in [-0.2, -0.15) is 23.5 Å². The van der Waals surface area contributed by atoms with Crippen LogP contribution in [-0.4, -0.2) is 32.2 Å². The molecule has 0 saturated carbocycles. The van der Waals surface area contributed by atoms with Crippen molar-refractivity contribution in [1.29, 1.82) is 5.26 Å². The second-order valence-electron chi connectivity index (χ2n) is 5.94. The number of halogens is 3. The standard InChI is InChI=1S/C18H15F3N4O3/c1-3-17(28,10-25-9-13(8-23-25)11(2)26)16(27)24-14-5-4-12(7-22)15(6-14)18(19,20)21/h3-6,8-9,28H,1,10H2,2H3,(H,24,27). The third-order valence-electron chi connectivity index (χ3n) is 3.88. The Hall–Kier alpha value is -3.45. The van der Waals surface area contributed by atoms with E-state index in [4.69, 9.17) is 5.26 Å². The number of anilines is 1. The van der Waals surface area contributed by atoms with Crippen LogP contribution < -0.4 is 5.32 Å². The van der Waals surface area contributed by atoms with Gasteiger partial charge in [0.25, 0.3) is 5.91 Å². The summed E-state index contributed by atoms with van der Waals surface area (Å²) in [4.78, 5) is 23.7. The molecule has 0 aliphatic heterocycles. The molecule has 10 heteroatoms. The molecule has 2 N–H and O–H groups in total. The number of alkyl halides is 3. The van der Waals surface area contributed by atoms with E-state index in [2.05, 4.69) is 17.0 Å². The van der Waals surface area contributed by atoms with E-state index in [1.54, 1.807) is 0 Å². The Balaban J connectivity index is 2.27. The number of carbonyl (C=O) groups excluding carboxylic acids is 2. The zero-order chi connectivity index (χ0) is 21.1. The van der Waals surface area contributed by atoms with Crippen molar-refractivity contribution in [3.63, 3.8) is 0 Å². The van der Waals surface area contributed by atoms with Gasteiger partial charge in [0.15, 0.2) is 11.4 Å². The maximum atomic E-state index is 13.0. The number of nitriles is 1. The molecule has 1 aromatic heterocycles. The van der Waals surface area contributed by atoms with Gasteiger partial charge in [-0.1, -0.05) is 6.58 Å². The van der Waals surface area contributed by atoms with Crippen LogP contribution in [0.15, 0.2) is 43.2 Å². The molecule has 0 aliphatic rings. The average Bonchev–Trinajstić information content (AvgIpc) is 3.09. The van der Waals surface area contributed by atoms with Gasteiger partial charge in [0, 0.05) is 11.9 Å². The van der Waals surface area contributed by atoms with Crippen molar-refractivity contribution in [3.05, 3.63) is 59.9 Å². The summed E-state index contributed by atoms with van der Waals surface area (Å²) in [5.74, 6) is -1.32. The molecule has 1 unspecified atom stereocenters. The van der Waals surface area contributed by atoms with Crippen LogP contribution in [0.4, 0.5) is 18.9 Å². The topological polar surface area (TPSA) is 108 Å². The minimum Gasteiger partial charge on any atom is -0.374 e. The fraction of sp³-hybridized carbons (Fsp3) is 0.222. The molecule has 0 saturated heterocycles. The second-order valence-corrected chi connectivity index (χ2v) is 5.94. The molecule has 0 spiro atoms. The van der Waals surface area contributed by atoms with E-state index in [9.17, 15) is 27.9 Å². The fourth-order valence-corrected chi connectivity index (χ4v) is 2.30. The minimum atomic E-state index is -4.79. The Morgan fingerprint density at radius 3 is 2.61 bits per heavy atom. The van der Waals surface area contributed by atoms with Gasteiger partial charge in [0.2, 0.25) is 0 Å². The summed E-state index contributed by atoms with van der Waals surface area (Å²) in [5, 5.41) is 25.4. The Kier molecular flexibility index (Phi) is 5.70. The van der Waals surface area contributed by atoms with Gasteiger partial charge in [-0.25, -0.2) is 0 Å². The molecule has 1 atom stereocenters. The van der Waals surface area contributed by atoms with Gasteiger partial charge in [0.1, 0.15) is 0 Å². The van der Waals surface area contributed by atoms with Crippen LogP contribution in [0.5, 0.6) is 0 Å². The molecule has 1 heterocycles. The summed E-state index contributed by atoms with van der Waals surface area (Å²) in [6.07, 6.45) is -1.32. The molecule has 0 aliphatic carbocycles. The smallest absolute Gasteiger partial charge is 0.374 e. The quantitative estimate of drug-likeness (QED) is 0.580. The first-order valence-corrected chi connectivity index (χ1v) is 7.82. The number of hydrogen-bond donors (Lipinski definition) is 2. The highest BCUT2D eigenvalue weighted by molar-refractivity contribution is 5.98. The number of aromatic nitrogens is 2. The molecule has 0 radical (unpaired) electrons. The van der Waals surface area contributed by atoms with Gasteiger partial charge < -0.3 is 10.4 Å².